The number of thioether (sulfide) groups is 1. The summed E-state index contributed by atoms with van der Waals surface area (Å²) in [6, 6.07) is 11.6. The molecular weight excluding hydrogens is 458 g/mol. The zero-order chi connectivity index (χ0) is 24.6. The molecule has 1 aromatic carbocycles. The molecule has 4 rings (SSSR count). The van der Waals surface area contributed by atoms with E-state index in [9.17, 15) is 4.79 Å². The van der Waals surface area contributed by atoms with Gasteiger partial charge in [-0.15, -0.1) is 0 Å². The summed E-state index contributed by atoms with van der Waals surface area (Å²) in [5.74, 6) is 1.07. The molecule has 1 fully saturated rings. The number of piperidine rings is 1. The maximum Gasteiger partial charge on any atom is 0.410 e. The lowest BCUT2D eigenvalue weighted by molar-refractivity contribution is 0.0866. The predicted molar refractivity (Wildman–Crippen MR) is 140 cm³/mol. The number of carbonyl (C=O) groups excluding carboxylic acids is 1. The molecule has 3 heterocycles. The van der Waals surface area contributed by atoms with Gasteiger partial charge in [0, 0.05) is 30.8 Å². The van der Waals surface area contributed by atoms with Gasteiger partial charge in [-0.1, -0.05) is 73.5 Å². The van der Waals surface area contributed by atoms with Crippen LogP contribution in [0.3, 0.4) is 0 Å². The van der Waals surface area contributed by atoms with Gasteiger partial charge in [0.25, 0.3) is 0 Å². The average Bonchev–Trinajstić information content (AvgIpc) is 3.36. The zero-order valence-electron chi connectivity index (χ0n) is 19.8. The van der Waals surface area contributed by atoms with E-state index < -0.39 is 0 Å². The van der Waals surface area contributed by atoms with E-state index in [1.54, 1.807) is 23.2 Å². The number of nitrogens with zero attached hydrogens (tertiary/aromatic N) is 4. The normalized spacial score (nSPS) is 14.5. The fourth-order valence-electron chi connectivity index (χ4n) is 4.07. The van der Waals surface area contributed by atoms with Gasteiger partial charge in [-0.3, -0.25) is 0 Å². The van der Waals surface area contributed by atoms with Crippen molar-refractivity contribution in [1.29, 1.82) is 0 Å². The van der Waals surface area contributed by atoms with Crippen LogP contribution in [0.15, 0.2) is 79.1 Å². The van der Waals surface area contributed by atoms with Crippen molar-refractivity contribution < 1.29 is 9.53 Å². The summed E-state index contributed by atoms with van der Waals surface area (Å²) in [6.07, 6.45) is 10.4. The first-order chi connectivity index (χ1) is 17.1. The van der Waals surface area contributed by atoms with Crippen molar-refractivity contribution in [1.82, 2.24) is 24.8 Å². The van der Waals surface area contributed by atoms with Crippen molar-refractivity contribution in [3.63, 3.8) is 0 Å². The van der Waals surface area contributed by atoms with Gasteiger partial charge in [0.15, 0.2) is 5.16 Å². The van der Waals surface area contributed by atoms with Crippen LogP contribution in [-0.2, 0) is 11.3 Å². The molecule has 0 saturated carbocycles. The summed E-state index contributed by atoms with van der Waals surface area (Å²) in [4.78, 5) is 31.7. The van der Waals surface area contributed by atoms with Crippen LogP contribution < -0.4 is 0 Å². The minimum atomic E-state index is -0.276. The van der Waals surface area contributed by atoms with Crippen molar-refractivity contribution in [2.24, 2.45) is 0 Å². The van der Waals surface area contributed by atoms with Crippen LogP contribution in [0.4, 0.5) is 4.79 Å². The maximum absolute atomic E-state index is 12.6. The third-order valence-electron chi connectivity index (χ3n) is 5.93. The summed E-state index contributed by atoms with van der Waals surface area (Å²) in [5, 5.41) is 0.694. The highest BCUT2D eigenvalue weighted by Crippen LogP contribution is 2.33. The lowest BCUT2D eigenvalue weighted by Gasteiger charge is -2.30. The molecule has 0 spiro atoms. The number of benzene rings is 1. The largest absolute Gasteiger partial charge is 0.445 e. The Morgan fingerprint density at radius 2 is 1.97 bits per heavy atom. The second-order valence-electron chi connectivity index (χ2n) is 8.14. The first-order valence-electron chi connectivity index (χ1n) is 11.5. The molecule has 1 aliphatic heterocycles. The van der Waals surface area contributed by atoms with Crippen LogP contribution in [0.2, 0.25) is 0 Å². The molecule has 0 aliphatic carbocycles. The van der Waals surface area contributed by atoms with Crippen LogP contribution >= 0.6 is 11.8 Å². The van der Waals surface area contributed by atoms with Crippen molar-refractivity contribution in [3.05, 3.63) is 91.1 Å². The minimum absolute atomic E-state index is 0.192. The van der Waals surface area contributed by atoms with Crippen molar-refractivity contribution in [2.75, 3.05) is 19.3 Å². The topological polar surface area (TPSA) is 84.0 Å². The Kier molecular flexibility index (Phi) is 8.15. The number of nitrogens with one attached hydrogen (secondary N) is 1. The number of ether oxygens (including phenoxy) is 1. The van der Waals surface area contributed by atoms with Gasteiger partial charge in [-0.2, -0.15) is 0 Å². The first-order valence-corrected chi connectivity index (χ1v) is 12.7. The van der Waals surface area contributed by atoms with Crippen LogP contribution in [0.25, 0.3) is 17.0 Å². The lowest BCUT2D eigenvalue weighted by Crippen LogP contribution is -2.38. The van der Waals surface area contributed by atoms with Gasteiger partial charge in [-0.25, -0.2) is 19.7 Å². The van der Waals surface area contributed by atoms with E-state index >= 15 is 0 Å². The summed E-state index contributed by atoms with van der Waals surface area (Å²) in [5.41, 5.74) is 4.23. The molecule has 0 unspecified atom stereocenters. The number of aromatic nitrogens is 4. The number of hydrogen-bond donors (Lipinski definition) is 1. The molecule has 0 bridgehead atoms. The van der Waals surface area contributed by atoms with Crippen molar-refractivity contribution in [2.45, 2.75) is 30.5 Å². The number of likely N-dealkylation sites (tertiary alicyclic amines) is 1. The minimum Gasteiger partial charge on any atom is -0.445 e. The van der Waals surface area contributed by atoms with Gasteiger partial charge < -0.3 is 14.6 Å². The van der Waals surface area contributed by atoms with Crippen LogP contribution in [-0.4, -0.2) is 50.3 Å². The second-order valence-corrected chi connectivity index (χ2v) is 8.91. The standard InChI is InChI=1S/C27H29N5O2S/c1-4-9-20(5-2)23-24(22-12-15-28-26(29-22)35-3)31-25(30-23)21-13-16-32(17-14-21)27(33)34-18-19-10-7-6-8-11-19/h4-12,15,21H,1-2,13-14,16-18H2,3H3,(H,30,31)/b20-9+. The van der Waals surface area contributed by atoms with Crippen LogP contribution in [0.1, 0.15) is 35.8 Å². The molecular formula is C27H29N5O2S. The average molecular weight is 488 g/mol. The van der Waals surface area contributed by atoms with Gasteiger partial charge in [0.2, 0.25) is 0 Å². The molecule has 1 saturated heterocycles. The molecule has 8 heteroatoms. The Hall–Kier alpha value is -3.65. The number of hydrogen-bond acceptors (Lipinski definition) is 6. The zero-order valence-corrected chi connectivity index (χ0v) is 20.6. The summed E-state index contributed by atoms with van der Waals surface area (Å²) >= 11 is 1.49. The Bertz CT molecular complexity index is 1210. The number of H-pyrrole nitrogens is 1. The SMILES string of the molecule is C=C/C=C(\C=C)c1nc(C2CCN(C(=O)OCc3ccccc3)CC2)[nH]c1-c1ccnc(SC)n1. The summed E-state index contributed by atoms with van der Waals surface area (Å²) < 4.78 is 5.50. The molecule has 0 radical (unpaired) electrons. The highest BCUT2D eigenvalue weighted by atomic mass is 32.2. The number of amides is 1. The Labute approximate surface area is 210 Å². The van der Waals surface area contributed by atoms with E-state index in [4.69, 9.17) is 9.72 Å². The number of rotatable bonds is 8. The van der Waals surface area contributed by atoms with Gasteiger partial charge in [0.05, 0.1) is 17.1 Å². The van der Waals surface area contributed by atoms with Gasteiger partial charge >= 0.3 is 6.09 Å². The number of allylic oxidation sites excluding steroid dienone is 4. The van der Waals surface area contributed by atoms with E-state index in [1.807, 2.05) is 48.7 Å². The quantitative estimate of drug-likeness (QED) is 0.243. The summed E-state index contributed by atoms with van der Waals surface area (Å²) in [7, 11) is 0. The molecule has 1 aliphatic rings. The Morgan fingerprint density at radius 3 is 2.66 bits per heavy atom. The Balaban J connectivity index is 1.49. The summed E-state index contributed by atoms with van der Waals surface area (Å²) in [6.45, 7) is 9.28. The molecule has 180 valence electrons. The fourth-order valence-corrected chi connectivity index (χ4v) is 4.43. The van der Waals surface area contributed by atoms with Gasteiger partial charge in [-0.05, 0) is 30.7 Å². The molecule has 35 heavy (non-hydrogen) atoms. The second kappa shape index (κ2) is 11.7. The smallest absolute Gasteiger partial charge is 0.410 e. The number of carbonyl (C=O) groups is 1. The molecule has 1 amide bonds. The predicted octanol–water partition coefficient (Wildman–Crippen LogP) is 5.86. The molecule has 0 atom stereocenters. The molecule has 2 aromatic heterocycles. The van der Waals surface area contributed by atoms with E-state index in [2.05, 4.69) is 28.1 Å². The molecule has 1 N–H and O–H groups in total. The number of aromatic amines is 1. The van der Waals surface area contributed by atoms with Crippen molar-refractivity contribution in [3.8, 4) is 11.4 Å². The third kappa shape index (κ3) is 5.89. The van der Waals surface area contributed by atoms with E-state index in [0.717, 1.165) is 46.9 Å². The van der Waals surface area contributed by atoms with E-state index in [1.165, 1.54) is 11.8 Å². The van der Waals surface area contributed by atoms with Crippen LogP contribution in [0, 0.1) is 0 Å². The van der Waals surface area contributed by atoms with Gasteiger partial charge in [0.1, 0.15) is 12.4 Å². The third-order valence-corrected chi connectivity index (χ3v) is 6.49. The highest BCUT2D eigenvalue weighted by Gasteiger charge is 2.28. The van der Waals surface area contributed by atoms with Crippen LogP contribution in [0.5, 0.6) is 0 Å². The molecule has 7 nitrogen and oxygen atoms in total. The maximum atomic E-state index is 12.6. The van der Waals surface area contributed by atoms with E-state index in [0.29, 0.717) is 18.2 Å². The Morgan fingerprint density at radius 1 is 1.20 bits per heavy atom. The first kappa shape index (κ1) is 24.5. The van der Waals surface area contributed by atoms with E-state index in [-0.39, 0.29) is 18.6 Å². The monoisotopic (exact) mass is 487 g/mol. The fraction of sp³-hybridized carbons (Fsp3) is 0.259. The van der Waals surface area contributed by atoms with Crippen molar-refractivity contribution >= 4 is 23.4 Å². The highest BCUT2D eigenvalue weighted by molar-refractivity contribution is 7.98. The molecule has 3 aromatic rings. The number of imidazole rings is 1. The lowest BCUT2D eigenvalue weighted by atomic mass is 9.96.